The van der Waals surface area contributed by atoms with Crippen LogP contribution in [-0.4, -0.2) is 23.3 Å². The molecule has 0 aromatic carbocycles. The first-order valence-corrected chi connectivity index (χ1v) is 4.39. The van der Waals surface area contributed by atoms with Crippen LogP contribution in [0, 0.1) is 12.8 Å². The van der Waals surface area contributed by atoms with E-state index in [1.807, 2.05) is 32.0 Å². The molecular weight excluding hydrogens is 166 g/mol. The molecule has 1 aromatic heterocycles. The molecule has 0 aliphatic rings. The van der Waals surface area contributed by atoms with E-state index < -0.39 is 0 Å². The maximum absolute atomic E-state index is 8.77. The Morgan fingerprint density at radius 2 is 2.31 bits per heavy atom. The van der Waals surface area contributed by atoms with Crippen molar-refractivity contribution in [1.29, 1.82) is 0 Å². The molecule has 1 N–H and O–H groups in total. The van der Waals surface area contributed by atoms with Gasteiger partial charge in [0.15, 0.2) is 0 Å². The Morgan fingerprint density at radius 1 is 1.54 bits per heavy atom. The number of ether oxygens (including phenoxy) is 1. The molecule has 72 valence electrons. The monoisotopic (exact) mass is 181 g/mol. The van der Waals surface area contributed by atoms with Crippen LogP contribution in [0.3, 0.4) is 0 Å². The lowest BCUT2D eigenvalue weighted by Gasteiger charge is -2.09. The minimum Gasteiger partial charge on any atom is -0.477 e. The number of pyridine rings is 1. The second-order valence-electron chi connectivity index (χ2n) is 3.22. The van der Waals surface area contributed by atoms with E-state index in [-0.39, 0.29) is 12.5 Å². The molecule has 0 radical (unpaired) electrons. The minimum atomic E-state index is 0.145. The van der Waals surface area contributed by atoms with Crippen molar-refractivity contribution in [2.75, 3.05) is 13.2 Å². The van der Waals surface area contributed by atoms with Gasteiger partial charge in [0.2, 0.25) is 5.88 Å². The molecule has 1 aromatic rings. The Kier molecular flexibility index (Phi) is 3.71. The van der Waals surface area contributed by atoms with Crippen LogP contribution in [0.1, 0.15) is 12.6 Å². The van der Waals surface area contributed by atoms with Crippen molar-refractivity contribution >= 4 is 0 Å². The Bertz CT molecular complexity index is 263. The summed E-state index contributed by atoms with van der Waals surface area (Å²) in [6, 6.07) is 5.64. The summed E-state index contributed by atoms with van der Waals surface area (Å²) in [6.07, 6.45) is 0. The maximum atomic E-state index is 8.77. The van der Waals surface area contributed by atoms with Crippen LogP contribution in [0.15, 0.2) is 18.2 Å². The Hall–Kier alpha value is -1.09. The molecule has 13 heavy (non-hydrogen) atoms. The molecular formula is C10H15NO2. The zero-order valence-corrected chi connectivity index (χ0v) is 8.03. The van der Waals surface area contributed by atoms with Crippen molar-refractivity contribution in [3.63, 3.8) is 0 Å². The van der Waals surface area contributed by atoms with Crippen LogP contribution in [0.5, 0.6) is 5.88 Å². The average molecular weight is 181 g/mol. The Labute approximate surface area is 78.4 Å². The fourth-order valence-electron chi connectivity index (χ4n) is 0.879. The van der Waals surface area contributed by atoms with Crippen molar-refractivity contribution in [1.82, 2.24) is 4.98 Å². The summed E-state index contributed by atoms with van der Waals surface area (Å²) >= 11 is 0. The highest BCUT2D eigenvalue weighted by molar-refractivity contribution is 5.14. The summed E-state index contributed by atoms with van der Waals surface area (Å²) < 4.78 is 5.37. The Balaban J connectivity index is 2.45. The zero-order valence-electron chi connectivity index (χ0n) is 8.03. The lowest BCUT2D eigenvalue weighted by molar-refractivity contribution is 0.171. The predicted octanol–water partition coefficient (Wildman–Crippen LogP) is 1.40. The molecule has 3 nitrogen and oxygen atoms in total. The normalized spacial score (nSPS) is 12.5. The summed E-state index contributed by atoms with van der Waals surface area (Å²) in [5.74, 6) is 0.780. The second-order valence-corrected chi connectivity index (χ2v) is 3.22. The van der Waals surface area contributed by atoms with E-state index in [9.17, 15) is 0 Å². The van der Waals surface area contributed by atoms with Gasteiger partial charge in [-0.3, -0.25) is 0 Å². The molecule has 0 fully saturated rings. The molecule has 0 unspecified atom stereocenters. The molecule has 0 spiro atoms. The van der Waals surface area contributed by atoms with Crippen LogP contribution in [-0.2, 0) is 0 Å². The van der Waals surface area contributed by atoms with Gasteiger partial charge in [0.25, 0.3) is 0 Å². The molecule has 1 atom stereocenters. The van der Waals surface area contributed by atoms with E-state index in [0.29, 0.717) is 12.5 Å². The van der Waals surface area contributed by atoms with Gasteiger partial charge in [0.05, 0.1) is 6.61 Å². The fourth-order valence-corrected chi connectivity index (χ4v) is 0.879. The van der Waals surface area contributed by atoms with Gasteiger partial charge in [-0.15, -0.1) is 0 Å². The van der Waals surface area contributed by atoms with E-state index in [4.69, 9.17) is 9.84 Å². The number of aliphatic hydroxyl groups is 1. The van der Waals surface area contributed by atoms with Gasteiger partial charge in [-0.1, -0.05) is 13.0 Å². The predicted molar refractivity (Wildman–Crippen MR) is 50.7 cm³/mol. The lowest BCUT2D eigenvalue weighted by Crippen LogP contribution is -2.12. The van der Waals surface area contributed by atoms with Gasteiger partial charge in [-0.25, -0.2) is 4.98 Å². The first kappa shape index (κ1) is 9.99. The molecule has 0 bridgehead atoms. The summed E-state index contributed by atoms with van der Waals surface area (Å²) in [5, 5.41) is 8.77. The van der Waals surface area contributed by atoms with Crippen molar-refractivity contribution in [2.45, 2.75) is 13.8 Å². The zero-order chi connectivity index (χ0) is 9.68. The molecule has 0 amide bonds. The molecule has 1 heterocycles. The number of aromatic nitrogens is 1. The highest BCUT2D eigenvalue weighted by Crippen LogP contribution is 2.07. The molecule has 0 aliphatic carbocycles. The van der Waals surface area contributed by atoms with Gasteiger partial charge in [0, 0.05) is 24.3 Å². The minimum absolute atomic E-state index is 0.145. The maximum Gasteiger partial charge on any atom is 0.213 e. The van der Waals surface area contributed by atoms with Crippen molar-refractivity contribution in [2.24, 2.45) is 5.92 Å². The van der Waals surface area contributed by atoms with Gasteiger partial charge in [-0.2, -0.15) is 0 Å². The smallest absolute Gasteiger partial charge is 0.213 e. The third-order valence-corrected chi connectivity index (χ3v) is 1.69. The van der Waals surface area contributed by atoms with Crippen molar-refractivity contribution in [3.05, 3.63) is 23.9 Å². The largest absolute Gasteiger partial charge is 0.477 e. The molecule has 3 heteroatoms. The van der Waals surface area contributed by atoms with E-state index in [0.717, 1.165) is 5.69 Å². The van der Waals surface area contributed by atoms with Crippen molar-refractivity contribution in [3.8, 4) is 5.88 Å². The number of aryl methyl sites for hydroxylation is 1. The van der Waals surface area contributed by atoms with E-state index in [1.54, 1.807) is 0 Å². The highest BCUT2D eigenvalue weighted by atomic mass is 16.5. The van der Waals surface area contributed by atoms with E-state index in [1.165, 1.54) is 0 Å². The van der Waals surface area contributed by atoms with Gasteiger partial charge in [-0.05, 0) is 13.0 Å². The number of rotatable bonds is 4. The second kappa shape index (κ2) is 4.82. The fraction of sp³-hybridized carbons (Fsp3) is 0.500. The summed E-state index contributed by atoms with van der Waals surface area (Å²) in [6.45, 7) is 4.50. The van der Waals surface area contributed by atoms with E-state index in [2.05, 4.69) is 4.98 Å². The number of nitrogens with zero attached hydrogens (tertiary/aromatic N) is 1. The highest BCUT2D eigenvalue weighted by Gasteiger charge is 2.01. The van der Waals surface area contributed by atoms with E-state index >= 15 is 0 Å². The quantitative estimate of drug-likeness (QED) is 0.763. The van der Waals surface area contributed by atoms with Crippen LogP contribution in [0.25, 0.3) is 0 Å². The van der Waals surface area contributed by atoms with Crippen LogP contribution >= 0.6 is 0 Å². The molecule has 0 saturated heterocycles. The number of aliphatic hydroxyl groups excluding tert-OH is 1. The third kappa shape index (κ3) is 3.42. The number of hydrogen-bond donors (Lipinski definition) is 1. The topological polar surface area (TPSA) is 42.4 Å². The standard InChI is InChI=1S/C10H15NO2/c1-8(6-12)7-13-10-5-3-4-9(2)11-10/h3-5,8,12H,6-7H2,1-2H3/t8-/m1/s1. The van der Waals surface area contributed by atoms with Crippen molar-refractivity contribution < 1.29 is 9.84 Å². The van der Waals surface area contributed by atoms with Crippen LogP contribution < -0.4 is 4.74 Å². The molecule has 0 saturated carbocycles. The van der Waals surface area contributed by atoms with Gasteiger partial charge in [0.1, 0.15) is 0 Å². The van der Waals surface area contributed by atoms with Crippen LogP contribution in [0.2, 0.25) is 0 Å². The number of hydrogen-bond acceptors (Lipinski definition) is 3. The molecule has 1 rings (SSSR count). The average Bonchev–Trinajstić information content (AvgIpc) is 2.14. The van der Waals surface area contributed by atoms with Gasteiger partial charge < -0.3 is 9.84 Å². The molecule has 0 aliphatic heterocycles. The summed E-state index contributed by atoms with van der Waals surface area (Å²) in [4.78, 5) is 4.18. The lowest BCUT2D eigenvalue weighted by atomic mass is 10.2. The Morgan fingerprint density at radius 3 is 2.92 bits per heavy atom. The van der Waals surface area contributed by atoms with Gasteiger partial charge >= 0.3 is 0 Å². The van der Waals surface area contributed by atoms with Crippen LogP contribution in [0.4, 0.5) is 0 Å². The first-order valence-electron chi connectivity index (χ1n) is 4.39. The summed E-state index contributed by atoms with van der Waals surface area (Å²) in [5.41, 5.74) is 0.939. The third-order valence-electron chi connectivity index (χ3n) is 1.69. The SMILES string of the molecule is Cc1cccc(OC[C@H](C)CO)n1. The first-order chi connectivity index (χ1) is 6.22. The summed E-state index contributed by atoms with van der Waals surface area (Å²) in [7, 11) is 0.